The molecular formula is C11H10BrNO2S2. The highest BCUT2D eigenvalue weighted by Gasteiger charge is 2.14. The van der Waals surface area contributed by atoms with Crippen LogP contribution < -0.4 is 5.73 Å². The first-order valence-electron chi connectivity index (χ1n) is 4.89. The summed E-state index contributed by atoms with van der Waals surface area (Å²) >= 11 is 6.62. The maximum Gasteiger partial charge on any atom is 0.305 e. The van der Waals surface area contributed by atoms with Crippen molar-refractivity contribution in [3.8, 4) is 9.75 Å². The molecule has 0 saturated heterocycles. The van der Waals surface area contributed by atoms with E-state index in [-0.39, 0.29) is 6.42 Å². The summed E-state index contributed by atoms with van der Waals surface area (Å²) < 4.78 is 1.08. The summed E-state index contributed by atoms with van der Waals surface area (Å²) in [7, 11) is 0. The van der Waals surface area contributed by atoms with Crippen molar-refractivity contribution in [1.82, 2.24) is 0 Å². The van der Waals surface area contributed by atoms with Crippen molar-refractivity contribution in [2.75, 3.05) is 0 Å². The number of hydrogen-bond acceptors (Lipinski definition) is 4. The van der Waals surface area contributed by atoms with Gasteiger partial charge in [-0.05, 0) is 40.2 Å². The zero-order valence-corrected chi connectivity index (χ0v) is 11.9. The predicted molar refractivity (Wildman–Crippen MR) is 74.5 cm³/mol. The van der Waals surface area contributed by atoms with Crippen LogP contribution >= 0.6 is 38.6 Å². The summed E-state index contributed by atoms with van der Waals surface area (Å²) in [4.78, 5) is 13.8. The fourth-order valence-corrected chi connectivity index (χ4v) is 3.91. The highest BCUT2D eigenvalue weighted by Crippen LogP contribution is 2.37. The van der Waals surface area contributed by atoms with E-state index in [2.05, 4.69) is 15.9 Å². The van der Waals surface area contributed by atoms with Crippen molar-refractivity contribution in [1.29, 1.82) is 0 Å². The van der Waals surface area contributed by atoms with Crippen LogP contribution in [0.5, 0.6) is 0 Å². The number of carbonyl (C=O) groups is 1. The van der Waals surface area contributed by atoms with Gasteiger partial charge in [0.2, 0.25) is 0 Å². The molecule has 3 nitrogen and oxygen atoms in total. The van der Waals surface area contributed by atoms with Crippen LogP contribution in [0.2, 0.25) is 0 Å². The fraction of sp³-hybridized carbons (Fsp3) is 0.182. The number of carboxylic acids is 1. The molecule has 0 spiro atoms. The Balaban J connectivity index is 2.18. The minimum atomic E-state index is -0.869. The van der Waals surface area contributed by atoms with E-state index in [1.807, 2.05) is 24.3 Å². The SMILES string of the molecule is NC(CC(=O)O)c1ccc(-c2ccc(Br)s2)s1. The Morgan fingerprint density at radius 2 is 1.94 bits per heavy atom. The maximum absolute atomic E-state index is 10.6. The standard InChI is InChI=1S/C11H10BrNO2S2/c12-10-4-3-9(17-10)8-2-1-7(16-8)6(13)5-11(14)15/h1-4,6H,5,13H2,(H,14,15). The monoisotopic (exact) mass is 331 g/mol. The van der Waals surface area contributed by atoms with E-state index in [9.17, 15) is 4.79 Å². The summed E-state index contributed by atoms with van der Waals surface area (Å²) in [5, 5.41) is 8.69. The molecule has 0 aliphatic carbocycles. The van der Waals surface area contributed by atoms with Crippen molar-refractivity contribution < 1.29 is 9.90 Å². The zero-order chi connectivity index (χ0) is 12.4. The molecule has 0 fully saturated rings. The van der Waals surface area contributed by atoms with Gasteiger partial charge in [0.1, 0.15) is 0 Å². The van der Waals surface area contributed by atoms with Crippen LogP contribution in [0.4, 0.5) is 0 Å². The van der Waals surface area contributed by atoms with Gasteiger partial charge in [-0.15, -0.1) is 22.7 Å². The van der Waals surface area contributed by atoms with E-state index < -0.39 is 12.0 Å². The fourth-order valence-electron chi connectivity index (χ4n) is 1.42. The van der Waals surface area contributed by atoms with Gasteiger partial charge >= 0.3 is 5.97 Å². The molecule has 17 heavy (non-hydrogen) atoms. The molecule has 0 amide bonds. The van der Waals surface area contributed by atoms with Crippen molar-refractivity contribution in [2.45, 2.75) is 12.5 Å². The molecule has 0 aromatic carbocycles. The third-order valence-corrected chi connectivity index (χ3v) is 5.24. The van der Waals surface area contributed by atoms with Crippen molar-refractivity contribution in [3.05, 3.63) is 32.9 Å². The van der Waals surface area contributed by atoms with Crippen LogP contribution in [0.3, 0.4) is 0 Å². The van der Waals surface area contributed by atoms with Crippen LogP contribution in [0.1, 0.15) is 17.3 Å². The average molecular weight is 332 g/mol. The summed E-state index contributed by atoms with van der Waals surface area (Å²) in [6, 6.07) is 7.50. The average Bonchev–Trinajstić information content (AvgIpc) is 2.84. The molecule has 0 aliphatic heterocycles. The van der Waals surface area contributed by atoms with Crippen molar-refractivity contribution >= 4 is 44.6 Å². The molecule has 0 radical (unpaired) electrons. The number of halogens is 1. The van der Waals surface area contributed by atoms with Gasteiger partial charge in [-0.3, -0.25) is 4.79 Å². The lowest BCUT2D eigenvalue weighted by Gasteiger charge is -2.04. The predicted octanol–water partition coefficient (Wildman–Crippen LogP) is 3.71. The molecule has 2 heterocycles. The molecule has 2 rings (SSSR count). The highest BCUT2D eigenvalue weighted by atomic mass is 79.9. The Bertz CT molecular complexity index is 535. The number of nitrogens with two attached hydrogens (primary N) is 1. The molecule has 0 aliphatic rings. The first-order chi connectivity index (χ1) is 8.06. The molecule has 6 heteroatoms. The van der Waals surface area contributed by atoms with E-state index in [4.69, 9.17) is 10.8 Å². The van der Waals surface area contributed by atoms with Crippen LogP contribution in [0.15, 0.2) is 28.1 Å². The van der Waals surface area contributed by atoms with Gasteiger partial charge in [-0.1, -0.05) is 0 Å². The molecule has 2 aromatic heterocycles. The number of hydrogen-bond donors (Lipinski definition) is 2. The molecule has 0 saturated carbocycles. The smallest absolute Gasteiger partial charge is 0.305 e. The number of rotatable bonds is 4. The molecule has 2 aromatic rings. The lowest BCUT2D eigenvalue weighted by Crippen LogP contribution is -2.13. The van der Waals surface area contributed by atoms with Crippen molar-refractivity contribution in [3.63, 3.8) is 0 Å². The van der Waals surface area contributed by atoms with Gasteiger partial charge in [0.25, 0.3) is 0 Å². The maximum atomic E-state index is 10.6. The van der Waals surface area contributed by atoms with E-state index in [1.54, 1.807) is 22.7 Å². The lowest BCUT2D eigenvalue weighted by atomic mass is 10.2. The Hall–Kier alpha value is -0.690. The summed E-state index contributed by atoms with van der Waals surface area (Å²) in [6.45, 7) is 0. The van der Waals surface area contributed by atoms with Gasteiger partial charge in [0, 0.05) is 20.7 Å². The second kappa shape index (κ2) is 5.30. The Labute approximate surface area is 115 Å². The zero-order valence-electron chi connectivity index (χ0n) is 8.72. The Morgan fingerprint density at radius 3 is 2.53 bits per heavy atom. The van der Waals surface area contributed by atoms with Crippen LogP contribution in [-0.4, -0.2) is 11.1 Å². The van der Waals surface area contributed by atoms with E-state index in [1.165, 1.54) is 0 Å². The highest BCUT2D eigenvalue weighted by molar-refractivity contribution is 9.11. The molecule has 90 valence electrons. The quantitative estimate of drug-likeness (QED) is 0.897. The number of aliphatic carboxylic acids is 1. The van der Waals surface area contributed by atoms with E-state index in [0.29, 0.717) is 0 Å². The molecule has 0 bridgehead atoms. The first-order valence-corrected chi connectivity index (χ1v) is 7.31. The Kier molecular flexibility index (Phi) is 3.98. The second-order valence-corrected chi connectivity index (χ2v) is 7.09. The second-order valence-electron chi connectivity index (χ2n) is 3.51. The van der Waals surface area contributed by atoms with E-state index in [0.717, 1.165) is 18.4 Å². The summed E-state index contributed by atoms with van der Waals surface area (Å²) in [5.74, 6) is -0.869. The largest absolute Gasteiger partial charge is 0.481 e. The van der Waals surface area contributed by atoms with Gasteiger partial charge in [-0.2, -0.15) is 0 Å². The third kappa shape index (κ3) is 3.16. The van der Waals surface area contributed by atoms with Crippen LogP contribution in [-0.2, 0) is 4.79 Å². The number of thiophene rings is 2. The first kappa shape index (κ1) is 12.8. The minimum absolute atomic E-state index is 0.0336. The van der Waals surface area contributed by atoms with Crippen molar-refractivity contribution in [2.24, 2.45) is 5.73 Å². The Morgan fingerprint density at radius 1 is 1.29 bits per heavy atom. The lowest BCUT2D eigenvalue weighted by molar-refractivity contribution is -0.137. The third-order valence-electron chi connectivity index (χ3n) is 2.20. The molecule has 1 unspecified atom stereocenters. The van der Waals surface area contributed by atoms with Crippen LogP contribution in [0, 0.1) is 0 Å². The van der Waals surface area contributed by atoms with Gasteiger partial charge in [0.15, 0.2) is 0 Å². The normalized spacial score (nSPS) is 12.6. The van der Waals surface area contributed by atoms with E-state index >= 15 is 0 Å². The van der Waals surface area contributed by atoms with Gasteiger partial charge in [-0.25, -0.2) is 0 Å². The van der Waals surface area contributed by atoms with Gasteiger partial charge < -0.3 is 10.8 Å². The topological polar surface area (TPSA) is 63.3 Å². The summed E-state index contributed by atoms with van der Waals surface area (Å²) in [6.07, 6.45) is -0.0336. The molecular weight excluding hydrogens is 322 g/mol. The molecule has 3 N–H and O–H groups in total. The number of carboxylic acid groups (broad SMARTS) is 1. The molecule has 1 atom stereocenters. The van der Waals surface area contributed by atoms with Gasteiger partial charge in [0.05, 0.1) is 10.2 Å². The minimum Gasteiger partial charge on any atom is -0.481 e. The summed E-state index contributed by atoms with van der Waals surface area (Å²) in [5.41, 5.74) is 5.82. The van der Waals surface area contributed by atoms with Crippen LogP contribution in [0.25, 0.3) is 9.75 Å².